The molecule has 5 rings (SSSR count). The van der Waals surface area contributed by atoms with Crippen molar-refractivity contribution >= 4 is 5.84 Å². The van der Waals surface area contributed by atoms with Crippen LogP contribution in [0.4, 0.5) is 4.39 Å². The predicted octanol–water partition coefficient (Wildman–Crippen LogP) is 5.39. The van der Waals surface area contributed by atoms with E-state index in [-0.39, 0.29) is 11.7 Å². The van der Waals surface area contributed by atoms with Crippen LogP contribution in [0.5, 0.6) is 0 Å². The third-order valence-electron chi connectivity index (χ3n) is 6.55. The molecule has 2 aliphatic rings. The number of fused-ring (bicyclic) bond motifs is 1. The lowest BCUT2D eigenvalue weighted by Crippen LogP contribution is -2.32. The Morgan fingerprint density at radius 1 is 1.14 bits per heavy atom. The average Bonchev–Trinajstić information content (AvgIpc) is 3.18. The van der Waals surface area contributed by atoms with Gasteiger partial charge in [0.25, 0.3) is 0 Å². The second-order valence-electron chi connectivity index (χ2n) is 8.89. The molecule has 0 bridgehead atoms. The van der Waals surface area contributed by atoms with E-state index in [2.05, 4.69) is 53.9 Å². The minimum Gasteiger partial charge on any atom is -0.383 e. The standard InChI is InChI=1S/C30H27FN4/c1-4-8-21-13-14-33-27(16-21)22-9-6-10-23(17-22)30(24-15-20(3)18-35(5-2)19-24)25-11-7-12-26(31)28(25)29(32)34-30/h6-7,9-17,19H,5,18H2,1-3H3,(H2,32,34). The summed E-state index contributed by atoms with van der Waals surface area (Å²) in [5, 5.41) is 0. The van der Waals surface area contributed by atoms with Crippen molar-refractivity contribution in [1.82, 2.24) is 9.88 Å². The van der Waals surface area contributed by atoms with Crippen LogP contribution in [-0.4, -0.2) is 28.8 Å². The highest BCUT2D eigenvalue weighted by molar-refractivity contribution is 6.03. The van der Waals surface area contributed by atoms with Crippen LogP contribution in [0.2, 0.25) is 0 Å². The number of pyridine rings is 1. The van der Waals surface area contributed by atoms with Gasteiger partial charge in [-0.05, 0) is 50.6 Å². The molecule has 0 radical (unpaired) electrons. The van der Waals surface area contributed by atoms with Crippen molar-refractivity contribution in [2.24, 2.45) is 10.7 Å². The highest BCUT2D eigenvalue weighted by Crippen LogP contribution is 2.48. The molecule has 2 aliphatic heterocycles. The van der Waals surface area contributed by atoms with Crippen LogP contribution in [0.3, 0.4) is 0 Å². The lowest BCUT2D eigenvalue weighted by atomic mass is 9.75. The number of hydrogen-bond donors (Lipinski definition) is 1. The van der Waals surface area contributed by atoms with Gasteiger partial charge in [-0.25, -0.2) is 9.38 Å². The first kappa shape index (κ1) is 22.6. The van der Waals surface area contributed by atoms with Gasteiger partial charge in [0.15, 0.2) is 0 Å². The van der Waals surface area contributed by atoms with E-state index in [0.29, 0.717) is 5.56 Å². The van der Waals surface area contributed by atoms with E-state index in [1.165, 1.54) is 11.6 Å². The van der Waals surface area contributed by atoms with Crippen LogP contribution < -0.4 is 5.73 Å². The molecule has 1 aromatic heterocycles. The van der Waals surface area contributed by atoms with E-state index in [1.807, 2.05) is 43.3 Å². The molecule has 0 saturated carbocycles. The van der Waals surface area contributed by atoms with Crippen molar-refractivity contribution in [2.45, 2.75) is 26.3 Å². The van der Waals surface area contributed by atoms with E-state index in [9.17, 15) is 0 Å². The van der Waals surface area contributed by atoms with Crippen molar-refractivity contribution in [3.63, 3.8) is 0 Å². The normalized spacial score (nSPS) is 18.7. The number of benzene rings is 2. The lowest BCUT2D eigenvalue weighted by molar-refractivity contribution is 0.412. The van der Waals surface area contributed by atoms with Gasteiger partial charge >= 0.3 is 0 Å². The molecule has 2 N–H and O–H groups in total. The van der Waals surface area contributed by atoms with E-state index < -0.39 is 5.54 Å². The Bertz CT molecular complexity index is 1470. The molecule has 174 valence electrons. The van der Waals surface area contributed by atoms with Gasteiger partial charge in [-0.1, -0.05) is 47.9 Å². The number of nitrogens with zero attached hydrogens (tertiary/aromatic N) is 3. The fraction of sp³-hybridized carbons (Fsp3) is 0.200. The average molecular weight is 463 g/mol. The van der Waals surface area contributed by atoms with Crippen molar-refractivity contribution in [3.8, 4) is 23.1 Å². The van der Waals surface area contributed by atoms with Gasteiger partial charge in [-0.15, -0.1) is 5.92 Å². The molecule has 3 heterocycles. The smallest absolute Gasteiger partial charge is 0.140 e. The number of hydrogen-bond acceptors (Lipinski definition) is 4. The van der Waals surface area contributed by atoms with Gasteiger partial charge in [0.1, 0.15) is 17.2 Å². The molecule has 2 aromatic carbocycles. The number of aliphatic imine (C=N–C) groups is 1. The predicted molar refractivity (Wildman–Crippen MR) is 139 cm³/mol. The Hall–Kier alpha value is -4.17. The third kappa shape index (κ3) is 3.81. The fourth-order valence-corrected chi connectivity index (χ4v) is 5.02. The Morgan fingerprint density at radius 3 is 2.77 bits per heavy atom. The van der Waals surface area contributed by atoms with E-state index >= 15 is 4.39 Å². The van der Waals surface area contributed by atoms with Crippen molar-refractivity contribution in [2.75, 3.05) is 13.1 Å². The van der Waals surface area contributed by atoms with Crippen LogP contribution >= 0.6 is 0 Å². The van der Waals surface area contributed by atoms with Crippen molar-refractivity contribution in [3.05, 3.63) is 112 Å². The SMILES string of the molecule is CC#Cc1ccnc(-c2cccc(C3(C4=CN(CC)CC(C)=C4)N=C(N)c4c(F)cccc43)c2)c1. The molecule has 1 unspecified atom stereocenters. The maximum Gasteiger partial charge on any atom is 0.140 e. The zero-order chi connectivity index (χ0) is 24.6. The number of amidine groups is 1. The molecular formula is C30H27FN4. The van der Waals surface area contributed by atoms with E-state index in [1.54, 1.807) is 12.3 Å². The largest absolute Gasteiger partial charge is 0.383 e. The van der Waals surface area contributed by atoms with Crippen LogP contribution in [0.15, 0.2) is 89.2 Å². The minimum atomic E-state index is -0.965. The van der Waals surface area contributed by atoms with E-state index in [0.717, 1.165) is 46.6 Å². The summed E-state index contributed by atoms with van der Waals surface area (Å²) >= 11 is 0. The Labute approximate surface area is 205 Å². The summed E-state index contributed by atoms with van der Waals surface area (Å²) < 4.78 is 15.0. The van der Waals surface area contributed by atoms with Gasteiger partial charge in [0, 0.05) is 47.7 Å². The fourth-order valence-electron chi connectivity index (χ4n) is 5.02. The van der Waals surface area contributed by atoms with Crippen LogP contribution in [0.25, 0.3) is 11.3 Å². The molecule has 0 spiro atoms. The van der Waals surface area contributed by atoms with Crippen LogP contribution in [-0.2, 0) is 5.54 Å². The van der Waals surface area contributed by atoms with Gasteiger partial charge in [-0.2, -0.15) is 0 Å². The first-order chi connectivity index (χ1) is 17.0. The second-order valence-corrected chi connectivity index (χ2v) is 8.89. The van der Waals surface area contributed by atoms with Gasteiger partial charge in [-0.3, -0.25) is 4.98 Å². The summed E-state index contributed by atoms with van der Waals surface area (Å²) in [6.07, 6.45) is 6.06. The molecule has 0 aliphatic carbocycles. The lowest BCUT2D eigenvalue weighted by Gasteiger charge is -2.35. The van der Waals surface area contributed by atoms with E-state index in [4.69, 9.17) is 10.7 Å². The number of halogens is 1. The molecule has 0 amide bonds. The molecule has 0 saturated heterocycles. The molecular weight excluding hydrogens is 435 g/mol. The zero-order valence-electron chi connectivity index (χ0n) is 20.1. The summed E-state index contributed by atoms with van der Waals surface area (Å²) in [6.45, 7) is 7.75. The number of rotatable bonds is 4. The van der Waals surface area contributed by atoms with Gasteiger partial charge in [0.2, 0.25) is 0 Å². The Balaban J connectivity index is 1.77. The third-order valence-corrected chi connectivity index (χ3v) is 6.55. The first-order valence-electron chi connectivity index (χ1n) is 11.7. The molecule has 35 heavy (non-hydrogen) atoms. The van der Waals surface area contributed by atoms with Gasteiger partial charge < -0.3 is 10.6 Å². The maximum atomic E-state index is 15.0. The molecule has 5 heteroatoms. The summed E-state index contributed by atoms with van der Waals surface area (Å²) in [5.41, 5.74) is 12.3. The number of nitrogens with two attached hydrogens (primary N) is 1. The van der Waals surface area contributed by atoms with Crippen LogP contribution in [0, 0.1) is 17.7 Å². The second kappa shape index (κ2) is 8.88. The summed E-state index contributed by atoms with van der Waals surface area (Å²) in [7, 11) is 0. The highest BCUT2D eigenvalue weighted by Gasteiger charge is 2.45. The van der Waals surface area contributed by atoms with Crippen LogP contribution in [0.1, 0.15) is 43.0 Å². The van der Waals surface area contributed by atoms with Crippen molar-refractivity contribution in [1.29, 1.82) is 0 Å². The maximum absolute atomic E-state index is 15.0. The zero-order valence-corrected chi connectivity index (χ0v) is 20.1. The highest BCUT2D eigenvalue weighted by atomic mass is 19.1. The first-order valence-corrected chi connectivity index (χ1v) is 11.7. The summed E-state index contributed by atoms with van der Waals surface area (Å²) in [6, 6.07) is 17.1. The number of aromatic nitrogens is 1. The quantitative estimate of drug-likeness (QED) is 0.529. The molecule has 1 atom stereocenters. The Kier molecular flexibility index (Phi) is 5.74. The number of likely N-dealkylation sites (N-methyl/N-ethyl adjacent to an activating group) is 1. The summed E-state index contributed by atoms with van der Waals surface area (Å²) in [5.74, 6) is 5.88. The Morgan fingerprint density at radius 2 is 1.97 bits per heavy atom. The van der Waals surface area contributed by atoms with Crippen molar-refractivity contribution < 1.29 is 4.39 Å². The summed E-state index contributed by atoms with van der Waals surface area (Å²) in [4.78, 5) is 11.8. The minimum absolute atomic E-state index is 0.211. The molecule has 4 nitrogen and oxygen atoms in total. The molecule has 0 fully saturated rings. The monoisotopic (exact) mass is 462 g/mol. The van der Waals surface area contributed by atoms with Gasteiger partial charge in [0.05, 0.1) is 11.3 Å². The topological polar surface area (TPSA) is 54.5 Å². The molecule has 3 aromatic rings.